The molecule has 0 aliphatic carbocycles. The van der Waals surface area contributed by atoms with E-state index in [1.54, 1.807) is 11.9 Å². The summed E-state index contributed by atoms with van der Waals surface area (Å²) in [5.41, 5.74) is 5.04. The molecular formula is C32H38N4O4. The van der Waals surface area contributed by atoms with Gasteiger partial charge in [0.1, 0.15) is 0 Å². The van der Waals surface area contributed by atoms with Crippen LogP contribution in [0.25, 0.3) is 11.3 Å². The van der Waals surface area contributed by atoms with Crippen LogP contribution in [-0.4, -0.2) is 56.6 Å². The van der Waals surface area contributed by atoms with Gasteiger partial charge in [-0.1, -0.05) is 44.2 Å². The number of nitrogens with zero attached hydrogens (tertiary/aromatic N) is 2. The van der Waals surface area contributed by atoms with Crippen LogP contribution in [0.4, 0.5) is 17.1 Å². The van der Waals surface area contributed by atoms with E-state index >= 15 is 0 Å². The van der Waals surface area contributed by atoms with Crippen LogP contribution in [0.15, 0.2) is 66.7 Å². The van der Waals surface area contributed by atoms with E-state index in [1.807, 2.05) is 80.6 Å². The Morgan fingerprint density at radius 3 is 2.10 bits per heavy atom. The average molecular weight is 543 g/mol. The molecule has 3 aromatic carbocycles. The number of benzene rings is 3. The Labute approximate surface area is 236 Å². The second-order valence-corrected chi connectivity index (χ2v) is 9.37. The quantitative estimate of drug-likeness (QED) is 0.285. The smallest absolute Gasteiger partial charge is 0.258 e. The summed E-state index contributed by atoms with van der Waals surface area (Å²) < 4.78 is 11.6. The van der Waals surface area contributed by atoms with Crippen LogP contribution in [0.2, 0.25) is 0 Å². The molecule has 0 aromatic heterocycles. The number of likely N-dealkylation sites (N-methyl/N-ethyl adjacent to an activating group) is 2. The molecule has 0 saturated carbocycles. The van der Waals surface area contributed by atoms with Crippen molar-refractivity contribution in [2.24, 2.45) is 0 Å². The van der Waals surface area contributed by atoms with Crippen molar-refractivity contribution in [1.29, 1.82) is 0 Å². The van der Waals surface area contributed by atoms with E-state index in [4.69, 9.17) is 9.47 Å². The number of carbonyl (C=O) groups excluding carboxylic acids is 2. The predicted octanol–water partition coefficient (Wildman–Crippen LogP) is 5.72. The fourth-order valence-corrected chi connectivity index (χ4v) is 4.65. The minimum Gasteiger partial charge on any atom is -0.490 e. The number of carbonyl (C=O) groups is 2. The largest absolute Gasteiger partial charge is 0.490 e. The normalized spacial score (nSPS) is 13.5. The second kappa shape index (κ2) is 13.2. The van der Waals surface area contributed by atoms with Gasteiger partial charge >= 0.3 is 0 Å². The molecule has 0 radical (unpaired) electrons. The maximum absolute atomic E-state index is 13.4. The molecule has 1 aliphatic rings. The van der Waals surface area contributed by atoms with Crippen LogP contribution in [0.3, 0.4) is 0 Å². The lowest BCUT2D eigenvalue weighted by Crippen LogP contribution is -2.38. The van der Waals surface area contributed by atoms with Crippen molar-refractivity contribution in [2.45, 2.75) is 27.7 Å². The monoisotopic (exact) mass is 542 g/mol. The topological polar surface area (TPSA) is 83.1 Å². The van der Waals surface area contributed by atoms with Gasteiger partial charge in [0.15, 0.2) is 11.5 Å². The summed E-state index contributed by atoms with van der Waals surface area (Å²) in [6.45, 7) is 10.9. The van der Waals surface area contributed by atoms with E-state index in [2.05, 4.69) is 29.4 Å². The van der Waals surface area contributed by atoms with Gasteiger partial charge in [0.25, 0.3) is 5.91 Å². The molecule has 0 saturated heterocycles. The first-order valence-electron chi connectivity index (χ1n) is 13.8. The predicted molar refractivity (Wildman–Crippen MR) is 162 cm³/mol. The molecule has 0 spiro atoms. The van der Waals surface area contributed by atoms with Crippen LogP contribution in [-0.2, 0) is 9.59 Å². The number of fused-ring (bicyclic) bond motifs is 1. The van der Waals surface area contributed by atoms with Gasteiger partial charge in [-0.3, -0.25) is 14.5 Å². The Hall–Kier alpha value is -4.30. The zero-order valence-corrected chi connectivity index (χ0v) is 23.9. The molecule has 8 nitrogen and oxygen atoms in total. The number of rotatable bonds is 12. The van der Waals surface area contributed by atoms with Gasteiger partial charge in [-0.2, -0.15) is 0 Å². The van der Waals surface area contributed by atoms with Crippen molar-refractivity contribution in [3.05, 3.63) is 77.9 Å². The molecule has 0 fully saturated rings. The van der Waals surface area contributed by atoms with Gasteiger partial charge in [-0.25, -0.2) is 0 Å². The molecule has 3 aromatic rings. The molecular weight excluding hydrogens is 504 g/mol. The van der Waals surface area contributed by atoms with Crippen LogP contribution < -0.4 is 25.0 Å². The van der Waals surface area contributed by atoms with E-state index in [-0.39, 0.29) is 11.8 Å². The number of nitrogens with one attached hydrogen (secondary N) is 2. The van der Waals surface area contributed by atoms with Gasteiger partial charge in [0.2, 0.25) is 5.91 Å². The number of ether oxygens (including phenoxy) is 2. The first kappa shape index (κ1) is 28.7. The molecule has 2 N–H and O–H groups in total. The summed E-state index contributed by atoms with van der Waals surface area (Å²) in [6.07, 6.45) is 0. The van der Waals surface area contributed by atoms with Crippen LogP contribution in [0.5, 0.6) is 11.5 Å². The lowest BCUT2D eigenvalue weighted by Gasteiger charge is -2.23. The Kier molecular flexibility index (Phi) is 9.45. The highest BCUT2D eigenvalue weighted by molar-refractivity contribution is 6.37. The summed E-state index contributed by atoms with van der Waals surface area (Å²) in [7, 11) is 1.79. The van der Waals surface area contributed by atoms with Crippen molar-refractivity contribution in [1.82, 2.24) is 4.90 Å². The summed E-state index contributed by atoms with van der Waals surface area (Å²) in [5.74, 6) is 1.00. The van der Waals surface area contributed by atoms with Crippen molar-refractivity contribution in [2.75, 3.05) is 55.4 Å². The molecule has 40 heavy (non-hydrogen) atoms. The zero-order chi connectivity index (χ0) is 28.6. The van der Waals surface area contributed by atoms with E-state index < -0.39 is 0 Å². The third-order valence-electron chi connectivity index (χ3n) is 6.89. The fourth-order valence-electron chi connectivity index (χ4n) is 4.65. The van der Waals surface area contributed by atoms with Crippen molar-refractivity contribution in [3.8, 4) is 11.5 Å². The van der Waals surface area contributed by atoms with Gasteiger partial charge in [-0.05, 0) is 62.8 Å². The average Bonchev–Trinajstić information content (AvgIpc) is 3.29. The highest BCUT2D eigenvalue weighted by atomic mass is 16.5. The lowest BCUT2D eigenvalue weighted by atomic mass is 9.99. The molecule has 210 valence electrons. The van der Waals surface area contributed by atoms with Crippen LogP contribution in [0.1, 0.15) is 38.8 Å². The summed E-state index contributed by atoms with van der Waals surface area (Å²) in [6, 6.07) is 21.1. The van der Waals surface area contributed by atoms with Gasteiger partial charge in [0, 0.05) is 30.1 Å². The zero-order valence-electron chi connectivity index (χ0n) is 23.9. The Balaban J connectivity index is 1.70. The van der Waals surface area contributed by atoms with Crippen molar-refractivity contribution < 1.29 is 19.1 Å². The Morgan fingerprint density at radius 1 is 0.875 bits per heavy atom. The van der Waals surface area contributed by atoms with Crippen molar-refractivity contribution in [3.63, 3.8) is 0 Å². The van der Waals surface area contributed by atoms with Crippen molar-refractivity contribution >= 4 is 40.1 Å². The number of anilines is 3. The molecule has 0 atom stereocenters. The molecule has 0 unspecified atom stereocenters. The maximum atomic E-state index is 13.4. The summed E-state index contributed by atoms with van der Waals surface area (Å²) in [5, 5.41) is 6.47. The molecule has 4 rings (SSSR count). The molecule has 2 amide bonds. The number of hydrogen-bond donors (Lipinski definition) is 2. The number of hydrogen-bond acceptors (Lipinski definition) is 6. The van der Waals surface area contributed by atoms with E-state index in [9.17, 15) is 9.59 Å². The highest BCUT2D eigenvalue weighted by Crippen LogP contribution is 2.43. The minimum absolute atomic E-state index is 0.0345. The maximum Gasteiger partial charge on any atom is 0.258 e. The van der Waals surface area contributed by atoms with E-state index in [0.29, 0.717) is 48.2 Å². The third kappa shape index (κ3) is 6.29. The van der Waals surface area contributed by atoms with Gasteiger partial charge in [-0.15, -0.1) is 0 Å². The Bertz CT molecular complexity index is 1370. The Morgan fingerprint density at radius 2 is 1.50 bits per heavy atom. The lowest BCUT2D eigenvalue weighted by molar-refractivity contribution is -0.119. The van der Waals surface area contributed by atoms with Crippen LogP contribution >= 0.6 is 0 Å². The fraction of sp³-hybridized carbons (Fsp3) is 0.312. The van der Waals surface area contributed by atoms with E-state index in [0.717, 1.165) is 35.6 Å². The van der Waals surface area contributed by atoms with Gasteiger partial charge in [0.05, 0.1) is 36.7 Å². The standard InChI is InChI=1S/C32H38N4O4/c1-6-36(7-2)21-29(37)35(5)24-17-15-23(16-18-24)33-31(22-13-11-10-12-14-22)30-25-19-27(39-8-3)28(40-9-4)20-26(25)34-32(30)38/h10-20,33H,6-9,21H2,1-5H3,(H,34,38)/b31-30-. The molecule has 8 heteroatoms. The summed E-state index contributed by atoms with van der Waals surface area (Å²) in [4.78, 5) is 29.9. The first-order valence-corrected chi connectivity index (χ1v) is 13.8. The molecule has 0 bridgehead atoms. The summed E-state index contributed by atoms with van der Waals surface area (Å²) >= 11 is 0. The second-order valence-electron chi connectivity index (χ2n) is 9.37. The molecule has 1 heterocycles. The highest BCUT2D eigenvalue weighted by Gasteiger charge is 2.30. The van der Waals surface area contributed by atoms with Crippen LogP contribution in [0, 0.1) is 0 Å². The first-order chi connectivity index (χ1) is 19.4. The third-order valence-corrected chi connectivity index (χ3v) is 6.89. The molecule has 1 aliphatic heterocycles. The van der Waals surface area contributed by atoms with Gasteiger partial charge < -0.3 is 25.0 Å². The number of amides is 2. The van der Waals surface area contributed by atoms with E-state index in [1.165, 1.54) is 0 Å². The minimum atomic E-state index is -0.212. The SMILES string of the molecule is CCOc1cc2c(cc1OCC)/C(=C(/Nc1ccc(N(C)C(=O)CN(CC)CC)cc1)c1ccccc1)C(=O)N2.